The van der Waals surface area contributed by atoms with E-state index in [9.17, 15) is 4.79 Å². The summed E-state index contributed by atoms with van der Waals surface area (Å²) in [4.78, 5) is 15.5. The molecule has 1 saturated heterocycles. The van der Waals surface area contributed by atoms with Crippen molar-refractivity contribution >= 4 is 17.4 Å². The molecule has 0 N–H and O–H groups in total. The molecule has 1 aromatic heterocycles. The zero-order valence-electron chi connectivity index (χ0n) is 17.1. The van der Waals surface area contributed by atoms with Gasteiger partial charge in [0, 0.05) is 46.9 Å². The van der Waals surface area contributed by atoms with Gasteiger partial charge in [0.2, 0.25) is 0 Å². The Balaban J connectivity index is 1.74. The Kier molecular flexibility index (Phi) is 6.07. The number of carbonyl (C=O) groups excluding carboxylic acids is 1. The molecule has 2 aromatic rings. The van der Waals surface area contributed by atoms with Gasteiger partial charge in [-0.2, -0.15) is 5.10 Å². The average Bonchev–Trinajstić information content (AvgIpc) is 2.90. The molecule has 1 atom stereocenters. The van der Waals surface area contributed by atoms with Crippen LogP contribution in [0, 0.1) is 26.7 Å². The number of nitrogens with zero attached hydrogens (tertiary/aromatic N) is 3. The molecule has 5 heteroatoms. The molecule has 27 heavy (non-hydrogen) atoms. The molecule has 1 fully saturated rings. The highest BCUT2D eigenvalue weighted by atomic mass is 35.5. The van der Waals surface area contributed by atoms with E-state index in [0.717, 1.165) is 49.3 Å². The van der Waals surface area contributed by atoms with Crippen LogP contribution in [-0.4, -0.2) is 33.6 Å². The molecule has 0 aliphatic carbocycles. The summed E-state index contributed by atoms with van der Waals surface area (Å²) in [5.41, 5.74) is 5.42. The van der Waals surface area contributed by atoms with Crippen LogP contribution in [0.3, 0.4) is 0 Å². The van der Waals surface area contributed by atoms with Crippen LogP contribution >= 0.6 is 11.6 Å². The molecular formula is C22H30ClN3O. The highest BCUT2D eigenvalue weighted by Gasteiger charge is 2.28. The third-order valence-electron chi connectivity index (χ3n) is 5.68. The third kappa shape index (κ3) is 4.27. The molecule has 1 aromatic carbocycles. The quantitative estimate of drug-likeness (QED) is 0.667. The molecule has 2 heterocycles. The van der Waals surface area contributed by atoms with E-state index in [1.807, 2.05) is 25.1 Å². The van der Waals surface area contributed by atoms with E-state index in [1.54, 1.807) is 0 Å². The molecule has 0 radical (unpaired) electrons. The predicted octanol–water partition coefficient (Wildman–Crippen LogP) is 5.14. The van der Waals surface area contributed by atoms with Crippen molar-refractivity contribution in [1.82, 2.24) is 14.7 Å². The van der Waals surface area contributed by atoms with Crippen molar-refractivity contribution in [1.29, 1.82) is 0 Å². The number of halogens is 1. The van der Waals surface area contributed by atoms with Gasteiger partial charge in [-0.3, -0.25) is 14.4 Å². The molecular weight excluding hydrogens is 358 g/mol. The minimum Gasteiger partial charge on any atom is -0.298 e. The lowest BCUT2D eigenvalue weighted by molar-refractivity contribution is 0.0810. The maximum Gasteiger partial charge on any atom is 0.167 e. The zero-order chi connectivity index (χ0) is 19.7. The van der Waals surface area contributed by atoms with Crippen LogP contribution < -0.4 is 0 Å². The Morgan fingerprint density at radius 2 is 2.04 bits per heavy atom. The van der Waals surface area contributed by atoms with Crippen LogP contribution in [0.15, 0.2) is 18.2 Å². The first-order valence-corrected chi connectivity index (χ1v) is 10.2. The smallest absolute Gasteiger partial charge is 0.167 e. The number of aryl methyl sites for hydroxylation is 2. The molecule has 0 amide bonds. The van der Waals surface area contributed by atoms with E-state index < -0.39 is 0 Å². The van der Waals surface area contributed by atoms with Crippen LogP contribution in [0.2, 0.25) is 5.02 Å². The maximum atomic E-state index is 13.1. The van der Waals surface area contributed by atoms with Gasteiger partial charge in [-0.25, -0.2) is 0 Å². The Morgan fingerprint density at radius 3 is 2.67 bits per heavy atom. The minimum absolute atomic E-state index is 0.0550. The lowest BCUT2D eigenvalue weighted by Gasteiger charge is -2.32. The number of aromatic nitrogens is 2. The van der Waals surface area contributed by atoms with E-state index in [2.05, 4.69) is 37.3 Å². The summed E-state index contributed by atoms with van der Waals surface area (Å²) in [5.74, 6) is 0.305. The Labute approximate surface area is 167 Å². The summed E-state index contributed by atoms with van der Waals surface area (Å²) < 4.78 is 2.11. The standard InChI is InChI=1S/C22H30ClN3O/c1-14(2)26-17(5)21(16(4)24-26)13-25-10-6-7-18(12-25)22(27)20-9-8-19(23)11-15(20)3/h8-9,11,14,18H,6-7,10,12-13H2,1-5H3. The van der Waals surface area contributed by atoms with E-state index in [0.29, 0.717) is 11.1 Å². The molecule has 4 nitrogen and oxygen atoms in total. The number of piperidine rings is 1. The summed E-state index contributed by atoms with van der Waals surface area (Å²) in [6, 6.07) is 5.93. The minimum atomic E-state index is 0.0550. The largest absolute Gasteiger partial charge is 0.298 e. The second-order valence-corrected chi connectivity index (χ2v) is 8.52. The first kappa shape index (κ1) is 20.1. The molecule has 1 aliphatic rings. The normalized spacial score (nSPS) is 18.3. The van der Waals surface area contributed by atoms with Crippen molar-refractivity contribution in [2.24, 2.45) is 5.92 Å². The summed E-state index contributed by atoms with van der Waals surface area (Å²) in [6.45, 7) is 13.2. The van der Waals surface area contributed by atoms with Crippen LogP contribution in [0.4, 0.5) is 0 Å². The molecule has 1 aliphatic heterocycles. The first-order valence-electron chi connectivity index (χ1n) is 9.85. The van der Waals surface area contributed by atoms with Crippen molar-refractivity contribution < 1.29 is 4.79 Å². The Bertz CT molecular complexity index is 840. The van der Waals surface area contributed by atoms with Crippen LogP contribution in [0.5, 0.6) is 0 Å². The number of ketones is 1. The fourth-order valence-electron chi connectivity index (χ4n) is 4.19. The van der Waals surface area contributed by atoms with E-state index in [-0.39, 0.29) is 11.7 Å². The number of hydrogen-bond acceptors (Lipinski definition) is 3. The lowest BCUT2D eigenvalue weighted by atomic mass is 9.88. The van der Waals surface area contributed by atoms with Gasteiger partial charge in [-0.1, -0.05) is 11.6 Å². The zero-order valence-corrected chi connectivity index (χ0v) is 17.8. The number of likely N-dealkylation sites (tertiary alicyclic amines) is 1. The fraction of sp³-hybridized carbons (Fsp3) is 0.545. The van der Waals surface area contributed by atoms with Crippen molar-refractivity contribution in [2.75, 3.05) is 13.1 Å². The van der Waals surface area contributed by atoms with Crippen molar-refractivity contribution in [3.8, 4) is 0 Å². The van der Waals surface area contributed by atoms with E-state index >= 15 is 0 Å². The van der Waals surface area contributed by atoms with Crippen molar-refractivity contribution in [3.05, 3.63) is 51.3 Å². The molecule has 146 valence electrons. The molecule has 0 spiro atoms. The maximum absolute atomic E-state index is 13.1. The summed E-state index contributed by atoms with van der Waals surface area (Å²) in [6.07, 6.45) is 2.01. The number of benzene rings is 1. The second kappa shape index (κ2) is 8.15. The first-order chi connectivity index (χ1) is 12.8. The second-order valence-electron chi connectivity index (χ2n) is 8.09. The number of Topliss-reactive ketones (excluding diaryl/α,β-unsaturated/α-hetero) is 1. The van der Waals surface area contributed by atoms with Crippen LogP contribution in [-0.2, 0) is 6.54 Å². The highest BCUT2D eigenvalue weighted by Crippen LogP contribution is 2.26. The van der Waals surface area contributed by atoms with Gasteiger partial charge in [-0.05, 0) is 77.8 Å². The van der Waals surface area contributed by atoms with Crippen molar-refractivity contribution in [2.45, 2.75) is 60.0 Å². The van der Waals surface area contributed by atoms with Gasteiger partial charge in [0.15, 0.2) is 5.78 Å². The number of carbonyl (C=O) groups is 1. The summed E-state index contributed by atoms with van der Waals surface area (Å²) in [5, 5.41) is 5.39. The van der Waals surface area contributed by atoms with Gasteiger partial charge in [0.05, 0.1) is 5.69 Å². The highest BCUT2D eigenvalue weighted by molar-refractivity contribution is 6.30. The van der Waals surface area contributed by atoms with Crippen molar-refractivity contribution in [3.63, 3.8) is 0 Å². The van der Waals surface area contributed by atoms with E-state index in [4.69, 9.17) is 16.7 Å². The van der Waals surface area contributed by atoms with Gasteiger partial charge in [0.1, 0.15) is 0 Å². The van der Waals surface area contributed by atoms with Gasteiger partial charge < -0.3 is 0 Å². The molecule has 3 rings (SSSR count). The van der Waals surface area contributed by atoms with Crippen LogP contribution in [0.1, 0.15) is 65.6 Å². The topological polar surface area (TPSA) is 38.1 Å². The van der Waals surface area contributed by atoms with Gasteiger partial charge in [-0.15, -0.1) is 0 Å². The predicted molar refractivity (Wildman–Crippen MR) is 111 cm³/mol. The lowest BCUT2D eigenvalue weighted by Crippen LogP contribution is -2.38. The Hall–Kier alpha value is -1.65. The third-order valence-corrected chi connectivity index (χ3v) is 5.91. The average molecular weight is 388 g/mol. The summed E-state index contributed by atoms with van der Waals surface area (Å²) >= 11 is 6.05. The van der Waals surface area contributed by atoms with Crippen LogP contribution in [0.25, 0.3) is 0 Å². The fourth-order valence-corrected chi connectivity index (χ4v) is 4.42. The van der Waals surface area contributed by atoms with Gasteiger partial charge in [0.25, 0.3) is 0 Å². The molecule has 1 unspecified atom stereocenters. The molecule has 0 saturated carbocycles. The number of hydrogen-bond donors (Lipinski definition) is 0. The van der Waals surface area contributed by atoms with Gasteiger partial charge >= 0.3 is 0 Å². The summed E-state index contributed by atoms with van der Waals surface area (Å²) in [7, 11) is 0. The monoisotopic (exact) mass is 387 g/mol. The number of rotatable bonds is 5. The Morgan fingerprint density at radius 1 is 1.30 bits per heavy atom. The molecule has 0 bridgehead atoms. The van der Waals surface area contributed by atoms with E-state index in [1.165, 1.54) is 11.3 Å². The SMILES string of the molecule is Cc1cc(Cl)ccc1C(=O)C1CCCN(Cc2c(C)nn(C(C)C)c2C)C1.